The van der Waals surface area contributed by atoms with Crippen molar-refractivity contribution in [3.8, 4) is 0 Å². The first-order valence-electron chi connectivity index (χ1n) is 3.26. The summed E-state index contributed by atoms with van der Waals surface area (Å²) in [6, 6.07) is 0. The Bertz CT molecular complexity index is 442. The molecule has 14 heavy (non-hydrogen) atoms. The van der Waals surface area contributed by atoms with Crippen molar-refractivity contribution in [3.05, 3.63) is 23.5 Å². The lowest BCUT2D eigenvalue weighted by Crippen LogP contribution is -2.10. The van der Waals surface area contributed by atoms with Crippen LogP contribution in [0.5, 0.6) is 0 Å². The molecule has 0 aliphatic carbocycles. The largest absolute Gasteiger partial charge is 0.870 e. The van der Waals surface area contributed by atoms with Crippen molar-refractivity contribution in [1.29, 1.82) is 0 Å². The van der Waals surface area contributed by atoms with Crippen molar-refractivity contribution in [1.82, 2.24) is 16.1 Å². The highest BCUT2D eigenvalue weighted by atomic mass is 32.1. The average Bonchev–Trinajstić information content (AvgIpc) is 2.47. The summed E-state index contributed by atoms with van der Waals surface area (Å²) in [6.07, 6.45) is 3.07. The lowest BCUT2D eigenvalue weighted by atomic mass is 10.3. The molecule has 0 radical (unpaired) electrons. The molecule has 76 valence electrons. The van der Waals surface area contributed by atoms with E-state index in [1.807, 2.05) is 0 Å². The van der Waals surface area contributed by atoms with Crippen LogP contribution >= 0.6 is 11.3 Å². The van der Waals surface area contributed by atoms with Crippen LogP contribution < -0.4 is 11.9 Å². The molecule has 0 aliphatic rings. The number of hydrogen-bond acceptors (Lipinski definition) is 5. The van der Waals surface area contributed by atoms with Crippen LogP contribution in [0.4, 0.5) is 0 Å². The van der Waals surface area contributed by atoms with Gasteiger partial charge < -0.3 is 17.4 Å². The number of thiophene rings is 1. The van der Waals surface area contributed by atoms with E-state index < -0.39 is 5.91 Å². The number of primary amides is 1. The van der Waals surface area contributed by atoms with Gasteiger partial charge in [0.1, 0.15) is 6.33 Å². The van der Waals surface area contributed by atoms with E-state index in [2.05, 4.69) is 9.97 Å². The van der Waals surface area contributed by atoms with Crippen molar-refractivity contribution < 1.29 is 10.3 Å². The molecule has 1 amide bonds. The van der Waals surface area contributed by atoms with Crippen LogP contribution in [0.2, 0.25) is 0 Å². The van der Waals surface area contributed by atoms with Crippen LogP contribution in [0, 0.1) is 0 Å². The van der Waals surface area contributed by atoms with Crippen LogP contribution in [0.1, 0.15) is 10.4 Å². The summed E-state index contributed by atoms with van der Waals surface area (Å²) in [5, 5.41) is 1.70. The molecule has 2 aromatic rings. The Morgan fingerprint density at radius 3 is 2.86 bits per heavy atom. The normalized spacial score (nSPS) is 8.86. The molecule has 0 fully saturated rings. The van der Waals surface area contributed by atoms with E-state index in [9.17, 15) is 4.79 Å². The number of carbonyl (C=O) groups is 1. The molecule has 7 heteroatoms. The zero-order valence-electron chi connectivity index (χ0n) is 7.47. The second kappa shape index (κ2) is 4.61. The topological polar surface area (TPSA) is 135 Å². The van der Waals surface area contributed by atoms with Gasteiger partial charge in [-0.05, 0) is 0 Å². The van der Waals surface area contributed by atoms with Crippen LogP contribution in [0.25, 0.3) is 10.2 Å². The standard InChI is InChI=1S/C7H5N3OS.H3N.H2O/c8-7(11)4-2-12-5-1-9-3-10-6(4)5;;/h1-3H,(H2,8,11);1H3;1H2. The molecule has 2 heterocycles. The van der Waals surface area contributed by atoms with Crippen LogP contribution in [0.3, 0.4) is 0 Å². The Kier molecular flexibility index (Phi) is 4.09. The monoisotopic (exact) mass is 214 g/mol. The Morgan fingerprint density at radius 2 is 2.21 bits per heavy atom. The van der Waals surface area contributed by atoms with Crippen molar-refractivity contribution >= 4 is 27.5 Å². The van der Waals surface area contributed by atoms with Gasteiger partial charge in [-0.3, -0.25) is 4.79 Å². The molecule has 0 unspecified atom stereocenters. The molecule has 6 nitrogen and oxygen atoms in total. The summed E-state index contributed by atoms with van der Waals surface area (Å²) >= 11 is 1.42. The van der Waals surface area contributed by atoms with Gasteiger partial charge in [0.05, 0.1) is 15.8 Å². The van der Waals surface area contributed by atoms with Gasteiger partial charge in [0.25, 0.3) is 5.91 Å². The van der Waals surface area contributed by atoms with Crippen LogP contribution in [0.15, 0.2) is 17.9 Å². The number of carbonyl (C=O) groups excluding carboxylic acids is 1. The number of fused-ring (bicyclic) bond motifs is 1. The van der Waals surface area contributed by atoms with Gasteiger partial charge in [-0.15, -0.1) is 11.3 Å². The van der Waals surface area contributed by atoms with E-state index in [0.717, 1.165) is 4.70 Å². The van der Waals surface area contributed by atoms with Gasteiger partial charge in [0.2, 0.25) is 0 Å². The maximum absolute atomic E-state index is 10.8. The number of amides is 1. The molecular formula is C7H10N4O2S. The van der Waals surface area contributed by atoms with Crippen molar-refractivity contribution in [2.24, 2.45) is 5.73 Å². The third-order valence-corrected chi connectivity index (χ3v) is 2.41. The Morgan fingerprint density at radius 1 is 1.50 bits per heavy atom. The highest BCUT2D eigenvalue weighted by Gasteiger charge is 2.08. The molecule has 0 aliphatic heterocycles. The van der Waals surface area contributed by atoms with E-state index in [-0.39, 0.29) is 11.6 Å². The van der Waals surface area contributed by atoms with E-state index in [1.165, 1.54) is 17.7 Å². The summed E-state index contributed by atoms with van der Waals surface area (Å²) < 4.78 is 0.881. The molecule has 0 atom stereocenters. The fourth-order valence-electron chi connectivity index (χ4n) is 0.958. The smallest absolute Gasteiger partial charge is 0.251 e. The Balaban J connectivity index is 0.000000845. The lowest BCUT2D eigenvalue weighted by Gasteiger charge is -1.89. The van der Waals surface area contributed by atoms with Crippen molar-refractivity contribution in [3.63, 3.8) is 0 Å². The van der Waals surface area contributed by atoms with E-state index in [0.29, 0.717) is 11.1 Å². The van der Waals surface area contributed by atoms with E-state index >= 15 is 0 Å². The first-order valence-corrected chi connectivity index (χ1v) is 4.14. The third kappa shape index (κ3) is 1.84. The molecule has 2 rings (SSSR count). The molecule has 0 aromatic carbocycles. The lowest BCUT2D eigenvalue weighted by molar-refractivity contribution is 0.100. The number of aromatic nitrogens is 2. The van der Waals surface area contributed by atoms with Gasteiger partial charge in [0, 0.05) is 11.6 Å². The zero-order chi connectivity index (χ0) is 8.55. The van der Waals surface area contributed by atoms with Crippen LogP contribution in [-0.4, -0.2) is 21.4 Å². The Labute approximate surface area is 83.7 Å². The fourth-order valence-corrected chi connectivity index (χ4v) is 1.83. The highest BCUT2D eigenvalue weighted by Crippen LogP contribution is 2.21. The van der Waals surface area contributed by atoms with Gasteiger partial charge in [-0.25, -0.2) is 9.97 Å². The van der Waals surface area contributed by atoms with Crippen molar-refractivity contribution in [2.75, 3.05) is 0 Å². The molecule has 7 N–H and O–H groups in total. The number of nitrogens with two attached hydrogens (primary N) is 1. The zero-order valence-corrected chi connectivity index (χ0v) is 8.28. The quantitative estimate of drug-likeness (QED) is 0.731. The number of hydrogen-bond donors (Lipinski definition) is 2. The minimum absolute atomic E-state index is 0. The molecule has 2 aromatic heterocycles. The second-order valence-electron chi connectivity index (χ2n) is 2.25. The Hall–Kier alpha value is -1.57. The third-order valence-electron chi connectivity index (χ3n) is 1.50. The number of quaternary nitrogens is 1. The van der Waals surface area contributed by atoms with Gasteiger partial charge in [-0.2, -0.15) is 0 Å². The predicted octanol–water partition coefficient (Wildman–Crippen LogP) is 0.990. The fraction of sp³-hybridized carbons (Fsp3) is 0. The predicted molar refractivity (Wildman–Crippen MR) is 53.9 cm³/mol. The first kappa shape index (κ1) is 12.4. The first-order chi connectivity index (χ1) is 5.79. The van der Waals surface area contributed by atoms with Gasteiger partial charge in [0.15, 0.2) is 0 Å². The molecule has 0 saturated carbocycles. The molecule has 0 spiro atoms. The van der Waals surface area contributed by atoms with Gasteiger partial charge >= 0.3 is 0 Å². The van der Waals surface area contributed by atoms with E-state index in [1.54, 1.807) is 11.6 Å². The van der Waals surface area contributed by atoms with Crippen molar-refractivity contribution in [2.45, 2.75) is 0 Å². The van der Waals surface area contributed by atoms with Crippen LogP contribution in [-0.2, 0) is 0 Å². The number of rotatable bonds is 1. The maximum Gasteiger partial charge on any atom is 0.251 e. The molecule has 0 bridgehead atoms. The summed E-state index contributed by atoms with van der Waals surface area (Å²) in [5.41, 5.74) is 6.24. The summed E-state index contributed by atoms with van der Waals surface area (Å²) in [4.78, 5) is 18.6. The minimum atomic E-state index is -0.444. The SMILES string of the molecule is NC(=O)c1csc2cncnc12.[NH4+].[OH-]. The summed E-state index contributed by atoms with van der Waals surface area (Å²) in [6.45, 7) is 0. The van der Waals surface area contributed by atoms with Gasteiger partial charge in [-0.1, -0.05) is 0 Å². The van der Waals surface area contributed by atoms with E-state index in [4.69, 9.17) is 5.73 Å². The number of nitrogens with zero attached hydrogens (tertiary/aromatic N) is 2. The molecule has 0 saturated heterocycles. The molecular weight excluding hydrogens is 204 g/mol. The highest BCUT2D eigenvalue weighted by molar-refractivity contribution is 7.17. The minimum Gasteiger partial charge on any atom is -0.870 e. The maximum atomic E-state index is 10.8. The second-order valence-corrected chi connectivity index (χ2v) is 3.16. The summed E-state index contributed by atoms with van der Waals surface area (Å²) in [7, 11) is 0. The summed E-state index contributed by atoms with van der Waals surface area (Å²) in [5.74, 6) is -0.444. The average molecular weight is 214 g/mol.